The predicted octanol–water partition coefficient (Wildman–Crippen LogP) is 1.54. The minimum Gasteiger partial charge on any atom is -0.486 e. The molecule has 0 saturated carbocycles. The summed E-state index contributed by atoms with van der Waals surface area (Å²) in [5.41, 5.74) is 6.71. The second-order valence-electron chi connectivity index (χ2n) is 5.33. The number of nitrogens with zero attached hydrogens (tertiary/aromatic N) is 1. The fraction of sp³-hybridized carbons (Fsp3) is 0.533. The van der Waals surface area contributed by atoms with Crippen molar-refractivity contribution in [3.63, 3.8) is 0 Å². The first-order valence-corrected chi connectivity index (χ1v) is 6.93. The third-order valence-electron chi connectivity index (χ3n) is 3.26. The van der Waals surface area contributed by atoms with Gasteiger partial charge in [0.25, 0.3) is 0 Å². The smallest absolute Gasteiger partial charge is 0.239 e. The Morgan fingerprint density at radius 3 is 2.50 bits per heavy atom. The van der Waals surface area contributed by atoms with Crippen LogP contribution in [0.1, 0.15) is 26.3 Å². The zero-order valence-electron chi connectivity index (χ0n) is 12.3. The summed E-state index contributed by atoms with van der Waals surface area (Å²) in [5, 5.41) is 0. The van der Waals surface area contributed by atoms with Gasteiger partial charge in [0.05, 0.1) is 6.04 Å². The molecule has 1 aliphatic heterocycles. The van der Waals surface area contributed by atoms with Gasteiger partial charge in [0, 0.05) is 12.6 Å². The molecule has 2 rings (SSSR count). The molecule has 1 aromatic carbocycles. The highest BCUT2D eigenvalue weighted by atomic mass is 16.6. The Labute approximate surface area is 119 Å². The van der Waals surface area contributed by atoms with Crippen molar-refractivity contribution >= 4 is 5.91 Å². The first-order chi connectivity index (χ1) is 9.49. The highest BCUT2D eigenvalue weighted by Crippen LogP contribution is 2.31. The third kappa shape index (κ3) is 3.22. The minimum atomic E-state index is -0.491. The average molecular weight is 278 g/mol. The van der Waals surface area contributed by atoms with E-state index < -0.39 is 6.04 Å². The van der Waals surface area contributed by atoms with E-state index in [0.29, 0.717) is 19.8 Å². The van der Waals surface area contributed by atoms with Crippen LogP contribution in [0.2, 0.25) is 0 Å². The summed E-state index contributed by atoms with van der Waals surface area (Å²) in [6.07, 6.45) is 0. The number of nitrogens with two attached hydrogens (primary N) is 1. The molecule has 0 radical (unpaired) electrons. The van der Waals surface area contributed by atoms with Gasteiger partial charge in [0.1, 0.15) is 13.2 Å². The van der Waals surface area contributed by atoms with Crippen molar-refractivity contribution in [2.75, 3.05) is 13.2 Å². The molecule has 1 aromatic rings. The first kappa shape index (κ1) is 14.7. The van der Waals surface area contributed by atoms with Crippen LogP contribution in [0, 0.1) is 0 Å². The maximum Gasteiger partial charge on any atom is 0.239 e. The van der Waals surface area contributed by atoms with Crippen molar-refractivity contribution in [3.8, 4) is 11.5 Å². The largest absolute Gasteiger partial charge is 0.486 e. The van der Waals surface area contributed by atoms with E-state index in [1.807, 2.05) is 32.0 Å². The molecule has 5 heteroatoms. The molecular weight excluding hydrogens is 256 g/mol. The number of ether oxygens (including phenoxy) is 2. The van der Waals surface area contributed by atoms with Gasteiger partial charge in [0.2, 0.25) is 5.91 Å². The van der Waals surface area contributed by atoms with Crippen LogP contribution in [-0.2, 0) is 11.3 Å². The number of fused-ring (bicyclic) bond motifs is 1. The summed E-state index contributed by atoms with van der Waals surface area (Å²) in [7, 11) is 0. The van der Waals surface area contributed by atoms with Crippen LogP contribution in [-0.4, -0.2) is 36.1 Å². The maximum absolute atomic E-state index is 12.1. The fourth-order valence-corrected chi connectivity index (χ4v) is 2.16. The number of amides is 1. The van der Waals surface area contributed by atoms with E-state index in [4.69, 9.17) is 15.2 Å². The number of hydrogen-bond acceptors (Lipinski definition) is 4. The van der Waals surface area contributed by atoms with E-state index in [-0.39, 0.29) is 11.9 Å². The van der Waals surface area contributed by atoms with E-state index in [0.717, 1.165) is 17.1 Å². The van der Waals surface area contributed by atoms with E-state index in [9.17, 15) is 4.79 Å². The average Bonchev–Trinajstić information content (AvgIpc) is 2.43. The zero-order chi connectivity index (χ0) is 14.7. The topological polar surface area (TPSA) is 64.8 Å². The SMILES string of the molecule is CC(C)N(Cc1ccc2c(c1)OCCO2)C(=O)[C@H](C)N. The van der Waals surface area contributed by atoms with E-state index >= 15 is 0 Å². The van der Waals surface area contributed by atoms with Gasteiger partial charge in [0.15, 0.2) is 11.5 Å². The summed E-state index contributed by atoms with van der Waals surface area (Å²) < 4.78 is 11.1. The lowest BCUT2D eigenvalue weighted by Gasteiger charge is -2.29. The molecule has 0 fully saturated rings. The number of carbonyl (C=O) groups is 1. The van der Waals surface area contributed by atoms with Gasteiger partial charge in [-0.3, -0.25) is 4.79 Å². The molecule has 1 atom stereocenters. The normalized spacial score (nSPS) is 15.1. The molecule has 1 amide bonds. The quantitative estimate of drug-likeness (QED) is 0.907. The van der Waals surface area contributed by atoms with Crippen molar-refractivity contribution in [3.05, 3.63) is 23.8 Å². The molecule has 0 aromatic heterocycles. The van der Waals surface area contributed by atoms with Crippen LogP contribution < -0.4 is 15.2 Å². The Morgan fingerprint density at radius 1 is 1.25 bits per heavy atom. The molecule has 0 aliphatic carbocycles. The molecule has 0 saturated heterocycles. The fourth-order valence-electron chi connectivity index (χ4n) is 2.16. The molecule has 2 N–H and O–H groups in total. The summed E-state index contributed by atoms with van der Waals surface area (Å²) >= 11 is 0. The summed E-state index contributed by atoms with van der Waals surface area (Å²) in [6.45, 7) is 7.34. The number of hydrogen-bond donors (Lipinski definition) is 1. The summed E-state index contributed by atoms with van der Waals surface area (Å²) in [4.78, 5) is 13.9. The predicted molar refractivity (Wildman–Crippen MR) is 76.8 cm³/mol. The van der Waals surface area contributed by atoms with Gasteiger partial charge in [-0.25, -0.2) is 0 Å². The van der Waals surface area contributed by atoms with E-state index in [2.05, 4.69) is 0 Å². The highest BCUT2D eigenvalue weighted by molar-refractivity contribution is 5.81. The van der Waals surface area contributed by atoms with Crippen molar-refractivity contribution in [2.24, 2.45) is 5.73 Å². The zero-order valence-corrected chi connectivity index (χ0v) is 12.3. The van der Waals surface area contributed by atoms with Gasteiger partial charge < -0.3 is 20.1 Å². The summed E-state index contributed by atoms with van der Waals surface area (Å²) in [5.74, 6) is 1.45. The number of carbonyl (C=O) groups excluding carboxylic acids is 1. The standard InChI is InChI=1S/C15H22N2O3/c1-10(2)17(15(18)11(3)16)9-12-4-5-13-14(8-12)20-7-6-19-13/h4-5,8,10-11H,6-7,9,16H2,1-3H3/t11-/m0/s1. The number of benzene rings is 1. The van der Waals surface area contributed by atoms with Crippen LogP contribution in [0.3, 0.4) is 0 Å². The molecule has 5 nitrogen and oxygen atoms in total. The molecule has 110 valence electrons. The van der Waals surface area contributed by atoms with Crippen molar-refractivity contribution in [2.45, 2.75) is 39.4 Å². The van der Waals surface area contributed by atoms with Crippen LogP contribution in [0.5, 0.6) is 11.5 Å². The van der Waals surface area contributed by atoms with Crippen LogP contribution in [0.4, 0.5) is 0 Å². The van der Waals surface area contributed by atoms with Crippen LogP contribution >= 0.6 is 0 Å². The van der Waals surface area contributed by atoms with E-state index in [1.54, 1.807) is 11.8 Å². The van der Waals surface area contributed by atoms with Crippen molar-refractivity contribution in [1.29, 1.82) is 0 Å². The monoisotopic (exact) mass is 278 g/mol. The lowest BCUT2D eigenvalue weighted by molar-refractivity contribution is -0.134. The lowest BCUT2D eigenvalue weighted by atomic mass is 10.1. The second kappa shape index (κ2) is 6.13. The van der Waals surface area contributed by atoms with Gasteiger partial charge in [-0.05, 0) is 38.5 Å². The van der Waals surface area contributed by atoms with Gasteiger partial charge >= 0.3 is 0 Å². The highest BCUT2D eigenvalue weighted by Gasteiger charge is 2.21. The lowest BCUT2D eigenvalue weighted by Crippen LogP contribution is -2.45. The summed E-state index contributed by atoms with van der Waals surface area (Å²) in [6, 6.07) is 5.38. The van der Waals surface area contributed by atoms with Gasteiger partial charge in [-0.15, -0.1) is 0 Å². The maximum atomic E-state index is 12.1. The first-order valence-electron chi connectivity index (χ1n) is 6.93. The molecule has 1 heterocycles. The number of rotatable bonds is 4. The molecule has 0 bridgehead atoms. The minimum absolute atomic E-state index is 0.0464. The Bertz CT molecular complexity index is 486. The van der Waals surface area contributed by atoms with Gasteiger partial charge in [-0.1, -0.05) is 6.07 Å². The molecule has 20 heavy (non-hydrogen) atoms. The molecule has 0 spiro atoms. The third-order valence-corrected chi connectivity index (χ3v) is 3.26. The molecule has 0 unspecified atom stereocenters. The Balaban J connectivity index is 2.16. The molecule has 1 aliphatic rings. The molecular formula is C15H22N2O3. The Hall–Kier alpha value is -1.75. The van der Waals surface area contributed by atoms with Crippen molar-refractivity contribution < 1.29 is 14.3 Å². The van der Waals surface area contributed by atoms with E-state index in [1.165, 1.54) is 0 Å². The Morgan fingerprint density at radius 2 is 1.90 bits per heavy atom. The van der Waals surface area contributed by atoms with Crippen LogP contribution in [0.25, 0.3) is 0 Å². The van der Waals surface area contributed by atoms with Gasteiger partial charge in [-0.2, -0.15) is 0 Å². The van der Waals surface area contributed by atoms with Crippen molar-refractivity contribution in [1.82, 2.24) is 4.90 Å². The van der Waals surface area contributed by atoms with Crippen LogP contribution in [0.15, 0.2) is 18.2 Å². The Kier molecular flexibility index (Phi) is 4.49. The second-order valence-corrected chi connectivity index (χ2v) is 5.33.